The van der Waals surface area contributed by atoms with Crippen LogP contribution in [-0.4, -0.2) is 18.6 Å². The quantitative estimate of drug-likeness (QED) is 0.856. The summed E-state index contributed by atoms with van der Waals surface area (Å²) in [6.07, 6.45) is 0. The van der Waals surface area contributed by atoms with Gasteiger partial charge in [-0.1, -0.05) is 29.5 Å². The Morgan fingerprint density at radius 3 is 2.76 bits per heavy atom. The van der Waals surface area contributed by atoms with Gasteiger partial charge in [0.05, 0.1) is 4.90 Å². The SMILES string of the molecule is NCc1ccccc1S(=O)(=O)Nc1nncs1. The number of benzene rings is 1. The maximum Gasteiger partial charge on any atom is 0.264 e. The zero-order valence-electron chi connectivity index (χ0n) is 8.70. The summed E-state index contributed by atoms with van der Waals surface area (Å²) >= 11 is 1.11. The predicted molar refractivity (Wildman–Crippen MR) is 65.1 cm³/mol. The fraction of sp³-hybridized carbons (Fsp3) is 0.111. The molecule has 0 unspecified atom stereocenters. The topological polar surface area (TPSA) is 98.0 Å². The molecule has 17 heavy (non-hydrogen) atoms. The molecule has 1 heterocycles. The van der Waals surface area contributed by atoms with E-state index < -0.39 is 10.0 Å². The third kappa shape index (κ3) is 2.60. The Morgan fingerprint density at radius 2 is 2.12 bits per heavy atom. The van der Waals surface area contributed by atoms with E-state index in [9.17, 15) is 8.42 Å². The molecule has 3 N–H and O–H groups in total. The smallest absolute Gasteiger partial charge is 0.264 e. The fourth-order valence-corrected chi connectivity index (χ4v) is 3.27. The van der Waals surface area contributed by atoms with E-state index in [2.05, 4.69) is 14.9 Å². The van der Waals surface area contributed by atoms with E-state index in [0.717, 1.165) is 11.3 Å². The van der Waals surface area contributed by atoms with Crippen molar-refractivity contribution in [2.45, 2.75) is 11.4 Å². The van der Waals surface area contributed by atoms with Crippen molar-refractivity contribution in [3.8, 4) is 0 Å². The minimum atomic E-state index is -3.65. The van der Waals surface area contributed by atoms with Gasteiger partial charge < -0.3 is 5.73 Å². The first-order valence-electron chi connectivity index (χ1n) is 4.70. The summed E-state index contributed by atoms with van der Waals surface area (Å²) in [4.78, 5) is 0.165. The van der Waals surface area contributed by atoms with Gasteiger partial charge in [0.25, 0.3) is 10.0 Å². The molecule has 1 aromatic heterocycles. The van der Waals surface area contributed by atoms with Crippen LogP contribution in [0.1, 0.15) is 5.56 Å². The Morgan fingerprint density at radius 1 is 1.35 bits per heavy atom. The lowest BCUT2D eigenvalue weighted by Gasteiger charge is -2.08. The summed E-state index contributed by atoms with van der Waals surface area (Å²) in [5, 5.41) is 7.42. The maximum absolute atomic E-state index is 12.1. The summed E-state index contributed by atoms with van der Waals surface area (Å²) in [6.45, 7) is 0.160. The molecule has 2 rings (SSSR count). The maximum atomic E-state index is 12.1. The van der Waals surface area contributed by atoms with E-state index >= 15 is 0 Å². The molecule has 1 aromatic carbocycles. The van der Waals surface area contributed by atoms with Crippen molar-refractivity contribution in [1.82, 2.24) is 10.2 Å². The molecule has 0 aliphatic carbocycles. The third-order valence-corrected chi connectivity index (χ3v) is 4.24. The average molecular weight is 270 g/mol. The van der Waals surface area contributed by atoms with Crippen LogP contribution in [0.2, 0.25) is 0 Å². The van der Waals surface area contributed by atoms with Gasteiger partial charge in [0.15, 0.2) is 0 Å². The number of nitrogens with two attached hydrogens (primary N) is 1. The Balaban J connectivity index is 2.38. The largest absolute Gasteiger partial charge is 0.326 e. The predicted octanol–water partition coefficient (Wildman–Crippen LogP) is 0.798. The molecule has 0 saturated heterocycles. The van der Waals surface area contributed by atoms with Gasteiger partial charge in [-0.3, -0.25) is 4.72 Å². The third-order valence-electron chi connectivity index (χ3n) is 2.06. The molecule has 8 heteroatoms. The van der Waals surface area contributed by atoms with E-state index in [4.69, 9.17) is 5.73 Å². The van der Waals surface area contributed by atoms with Crippen LogP contribution >= 0.6 is 11.3 Å². The van der Waals surface area contributed by atoms with Crippen molar-refractivity contribution >= 4 is 26.5 Å². The van der Waals surface area contributed by atoms with Gasteiger partial charge in [-0.15, -0.1) is 10.2 Å². The van der Waals surface area contributed by atoms with Crippen LogP contribution in [0.15, 0.2) is 34.7 Å². The van der Waals surface area contributed by atoms with Gasteiger partial charge in [0.2, 0.25) is 5.13 Å². The summed E-state index contributed by atoms with van der Waals surface area (Å²) in [5.74, 6) is 0. The molecular formula is C9H10N4O2S2. The Hall–Kier alpha value is -1.51. The van der Waals surface area contributed by atoms with Gasteiger partial charge >= 0.3 is 0 Å². The number of aromatic nitrogens is 2. The molecule has 0 amide bonds. The summed E-state index contributed by atoms with van der Waals surface area (Å²) in [7, 11) is -3.65. The van der Waals surface area contributed by atoms with Crippen LogP contribution in [0.5, 0.6) is 0 Å². The van der Waals surface area contributed by atoms with Gasteiger partial charge in [0, 0.05) is 6.54 Å². The van der Waals surface area contributed by atoms with Crippen LogP contribution in [0.3, 0.4) is 0 Å². The number of sulfonamides is 1. The van der Waals surface area contributed by atoms with Crippen LogP contribution in [-0.2, 0) is 16.6 Å². The Kier molecular flexibility index (Phi) is 3.36. The molecule has 6 nitrogen and oxygen atoms in total. The number of nitrogens with zero attached hydrogens (tertiary/aromatic N) is 2. The van der Waals surface area contributed by atoms with E-state index in [-0.39, 0.29) is 16.6 Å². The minimum Gasteiger partial charge on any atom is -0.326 e. The lowest BCUT2D eigenvalue weighted by atomic mass is 10.2. The summed E-state index contributed by atoms with van der Waals surface area (Å²) in [5.41, 5.74) is 7.51. The molecular weight excluding hydrogens is 260 g/mol. The number of anilines is 1. The first-order valence-corrected chi connectivity index (χ1v) is 7.07. The van der Waals surface area contributed by atoms with Crippen LogP contribution in [0, 0.1) is 0 Å². The highest BCUT2D eigenvalue weighted by molar-refractivity contribution is 7.93. The molecule has 0 spiro atoms. The molecule has 0 bridgehead atoms. The van der Waals surface area contributed by atoms with E-state index in [1.54, 1.807) is 18.2 Å². The first-order chi connectivity index (χ1) is 8.13. The number of nitrogens with one attached hydrogen (secondary N) is 1. The van der Waals surface area contributed by atoms with Crippen molar-refractivity contribution in [3.63, 3.8) is 0 Å². The fourth-order valence-electron chi connectivity index (χ4n) is 1.32. The molecule has 0 radical (unpaired) electrons. The zero-order valence-corrected chi connectivity index (χ0v) is 10.3. The highest BCUT2D eigenvalue weighted by Crippen LogP contribution is 2.19. The van der Waals surface area contributed by atoms with Crippen molar-refractivity contribution in [2.75, 3.05) is 4.72 Å². The van der Waals surface area contributed by atoms with E-state index in [0.29, 0.717) is 5.56 Å². The first kappa shape index (κ1) is 12.0. The average Bonchev–Trinajstić information content (AvgIpc) is 2.81. The van der Waals surface area contributed by atoms with Gasteiger partial charge in [-0.25, -0.2) is 8.42 Å². The van der Waals surface area contributed by atoms with Crippen molar-refractivity contribution in [3.05, 3.63) is 35.3 Å². The second-order valence-corrected chi connectivity index (χ2v) is 5.65. The lowest BCUT2D eigenvalue weighted by molar-refractivity contribution is 0.600. The highest BCUT2D eigenvalue weighted by Gasteiger charge is 2.18. The van der Waals surface area contributed by atoms with Gasteiger partial charge in [-0.05, 0) is 11.6 Å². The van der Waals surface area contributed by atoms with Gasteiger partial charge in [-0.2, -0.15) is 0 Å². The van der Waals surface area contributed by atoms with Crippen LogP contribution < -0.4 is 10.5 Å². The summed E-state index contributed by atoms with van der Waals surface area (Å²) in [6, 6.07) is 6.57. The normalized spacial score (nSPS) is 11.4. The number of hydrogen-bond acceptors (Lipinski definition) is 6. The van der Waals surface area contributed by atoms with Crippen LogP contribution in [0.4, 0.5) is 5.13 Å². The Bertz CT molecular complexity index is 595. The van der Waals surface area contributed by atoms with E-state index in [1.807, 2.05) is 0 Å². The van der Waals surface area contributed by atoms with Crippen molar-refractivity contribution in [2.24, 2.45) is 5.73 Å². The van der Waals surface area contributed by atoms with Crippen LogP contribution in [0.25, 0.3) is 0 Å². The molecule has 0 saturated carbocycles. The minimum absolute atomic E-state index is 0.160. The second-order valence-electron chi connectivity index (χ2n) is 3.16. The molecule has 0 atom stereocenters. The molecule has 0 aliphatic rings. The molecule has 0 fully saturated rings. The van der Waals surface area contributed by atoms with E-state index in [1.165, 1.54) is 11.6 Å². The molecule has 90 valence electrons. The summed E-state index contributed by atoms with van der Waals surface area (Å²) < 4.78 is 26.5. The number of rotatable bonds is 4. The van der Waals surface area contributed by atoms with Gasteiger partial charge in [0.1, 0.15) is 5.51 Å². The zero-order chi connectivity index (χ0) is 12.3. The monoisotopic (exact) mass is 270 g/mol. The standard InChI is InChI=1S/C9H10N4O2S2/c10-5-7-3-1-2-4-8(7)17(14,15)13-9-12-11-6-16-9/h1-4,6H,5,10H2,(H,12,13). The molecule has 0 aliphatic heterocycles. The van der Waals surface area contributed by atoms with Crippen molar-refractivity contribution < 1.29 is 8.42 Å². The molecule has 2 aromatic rings. The number of hydrogen-bond donors (Lipinski definition) is 2. The van der Waals surface area contributed by atoms with Crippen molar-refractivity contribution in [1.29, 1.82) is 0 Å². The lowest BCUT2D eigenvalue weighted by Crippen LogP contribution is -2.16. The highest BCUT2D eigenvalue weighted by atomic mass is 32.2. The second kappa shape index (κ2) is 4.78. The Labute approximate surface area is 103 Å².